The molecule has 1 aromatic heterocycles. The summed E-state index contributed by atoms with van der Waals surface area (Å²) < 4.78 is 5.76. The minimum atomic E-state index is -0.335. The van der Waals surface area contributed by atoms with E-state index in [0.717, 1.165) is 11.3 Å². The number of hydrogen-bond donors (Lipinski definition) is 1. The van der Waals surface area contributed by atoms with Gasteiger partial charge >= 0.3 is 0 Å². The normalized spacial score (nSPS) is 15.6. The smallest absolute Gasteiger partial charge is 0.266 e. The molecule has 2 amide bonds. The summed E-state index contributed by atoms with van der Waals surface area (Å²) in [4.78, 5) is 30.4. The van der Waals surface area contributed by atoms with Crippen LogP contribution in [0.15, 0.2) is 40.7 Å². The van der Waals surface area contributed by atoms with Gasteiger partial charge in [-0.15, -0.1) is 11.3 Å². The van der Waals surface area contributed by atoms with E-state index in [0.29, 0.717) is 21.0 Å². The fourth-order valence-electron chi connectivity index (χ4n) is 2.20. The lowest BCUT2D eigenvalue weighted by atomic mass is 10.2. The number of nitrogens with zero attached hydrogens (tertiary/aromatic N) is 2. The molecule has 1 aliphatic heterocycles. The molecule has 0 atom stereocenters. The van der Waals surface area contributed by atoms with Gasteiger partial charge in [0.1, 0.15) is 16.6 Å². The molecule has 1 aromatic carbocycles. The fraction of sp³-hybridized carbons (Fsp3) is 0.176. The van der Waals surface area contributed by atoms with E-state index < -0.39 is 0 Å². The van der Waals surface area contributed by atoms with Crippen LogP contribution in [0.2, 0.25) is 0 Å². The van der Waals surface area contributed by atoms with Crippen LogP contribution in [0.25, 0.3) is 6.08 Å². The number of nitrogens with one attached hydrogen (secondary N) is 1. The second-order valence-electron chi connectivity index (χ2n) is 5.16. The third-order valence-corrected chi connectivity index (χ3v) is 5.41. The molecule has 0 spiro atoms. The first kappa shape index (κ1) is 18.6. The molecule has 2 heterocycles. The maximum atomic E-state index is 12.6. The Hall–Kier alpha value is -2.23. The van der Waals surface area contributed by atoms with E-state index in [1.807, 2.05) is 31.2 Å². The SMILES string of the molecule is CCOc1ccc(C=C2SC(=S)N(CC(=O)Nc3nccs3)C2=O)cc1. The number of aromatic nitrogens is 1. The summed E-state index contributed by atoms with van der Waals surface area (Å²) >= 11 is 7.74. The highest BCUT2D eigenvalue weighted by molar-refractivity contribution is 8.26. The van der Waals surface area contributed by atoms with Gasteiger partial charge < -0.3 is 10.1 Å². The molecule has 0 unspecified atom stereocenters. The van der Waals surface area contributed by atoms with Gasteiger partial charge in [-0.3, -0.25) is 14.5 Å². The van der Waals surface area contributed by atoms with E-state index in [9.17, 15) is 9.59 Å². The molecule has 134 valence electrons. The van der Waals surface area contributed by atoms with Gasteiger partial charge in [-0.25, -0.2) is 4.98 Å². The molecule has 0 radical (unpaired) electrons. The first-order chi connectivity index (χ1) is 12.6. The van der Waals surface area contributed by atoms with Crippen LogP contribution in [0.5, 0.6) is 5.75 Å². The molecule has 1 fully saturated rings. The van der Waals surface area contributed by atoms with Crippen molar-refractivity contribution < 1.29 is 14.3 Å². The number of benzene rings is 1. The Morgan fingerprint density at radius 2 is 2.15 bits per heavy atom. The highest BCUT2D eigenvalue weighted by Gasteiger charge is 2.33. The number of amides is 2. The van der Waals surface area contributed by atoms with Crippen LogP contribution >= 0.6 is 35.3 Å². The number of thioether (sulfide) groups is 1. The van der Waals surface area contributed by atoms with Crippen LogP contribution in [0.3, 0.4) is 0 Å². The monoisotopic (exact) mass is 405 g/mol. The number of thiazole rings is 1. The van der Waals surface area contributed by atoms with Crippen LogP contribution in [-0.2, 0) is 9.59 Å². The lowest BCUT2D eigenvalue weighted by Gasteiger charge is -2.13. The second kappa shape index (κ2) is 8.43. The third kappa shape index (κ3) is 4.48. The Morgan fingerprint density at radius 3 is 2.81 bits per heavy atom. The van der Waals surface area contributed by atoms with Crippen LogP contribution in [-0.4, -0.2) is 39.2 Å². The number of rotatable bonds is 6. The number of carbonyl (C=O) groups excluding carboxylic acids is 2. The van der Waals surface area contributed by atoms with Gasteiger partial charge in [0.05, 0.1) is 11.5 Å². The van der Waals surface area contributed by atoms with E-state index in [4.69, 9.17) is 17.0 Å². The molecule has 1 saturated heterocycles. The zero-order valence-corrected chi connectivity index (χ0v) is 16.2. The average Bonchev–Trinajstić information content (AvgIpc) is 3.21. The summed E-state index contributed by atoms with van der Waals surface area (Å²) in [6.45, 7) is 2.38. The molecule has 2 aromatic rings. The van der Waals surface area contributed by atoms with Crippen molar-refractivity contribution in [2.75, 3.05) is 18.5 Å². The van der Waals surface area contributed by atoms with Crippen LogP contribution in [0.1, 0.15) is 12.5 Å². The highest BCUT2D eigenvalue weighted by Crippen LogP contribution is 2.32. The van der Waals surface area contributed by atoms with Crippen molar-refractivity contribution in [1.29, 1.82) is 0 Å². The van der Waals surface area contributed by atoms with Crippen molar-refractivity contribution >= 4 is 62.7 Å². The zero-order chi connectivity index (χ0) is 18.5. The van der Waals surface area contributed by atoms with Gasteiger partial charge in [0.25, 0.3) is 5.91 Å². The molecule has 1 N–H and O–H groups in total. The van der Waals surface area contributed by atoms with Crippen molar-refractivity contribution in [3.8, 4) is 5.75 Å². The van der Waals surface area contributed by atoms with E-state index in [2.05, 4.69) is 10.3 Å². The molecular weight excluding hydrogens is 390 g/mol. The molecule has 26 heavy (non-hydrogen) atoms. The largest absolute Gasteiger partial charge is 0.494 e. The van der Waals surface area contributed by atoms with Gasteiger partial charge in [-0.05, 0) is 30.7 Å². The maximum absolute atomic E-state index is 12.6. The highest BCUT2D eigenvalue weighted by atomic mass is 32.2. The van der Waals surface area contributed by atoms with Crippen LogP contribution < -0.4 is 10.1 Å². The fourth-order valence-corrected chi connectivity index (χ4v) is 4.00. The van der Waals surface area contributed by atoms with Gasteiger partial charge in [0, 0.05) is 11.6 Å². The number of thiocarbonyl (C=S) groups is 1. The summed E-state index contributed by atoms with van der Waals surface area (Å²) in [6, 6.07) is 7.43. The number of anilines is 1. The quantitative estimate of drug-likeness (QED) is 0.587. The minimum absolute atomic E-state index is 0.134. The van der Waals surface area contributed by atoms with E-state index in [1.165, 1.54) is 28.0 Å². The third-order valence-electron chi connectivity index (χ3n) is 3.34. The molecule has 0 aliphatic carbocycles. The number of ether oxygens (including phenoxy) is 1. The van der Waals surface area contributed by atoms with Crippen LogP contribution in [0.4, 0.5) is 5.13 Å². The predicted molar refractivity (Wildman–Crippen MR) is 108 cm³/mol. The zero-order valence-electron chi connectivity index (χ0n) is 13.8. The lowest BCUT2D eigenvalue weighted by Crippen LogP contribution is -2.36. The Kier molecular flexibility index (Phi) is 6.02. The Morgan fingerprint density at radius 1 is 1.38 bits per heavy atom. The maximum Gasteiger partial charge on any atom is 0.266 e. The molecular formula is C17H15N3O3S3. The summed E-state index contributed by atoms with van der Waals surface area (Å²) in [5.41, 5.74) is 0.862. The van der Waals surface area contributed by atoms with Crippen molar-refractivity contribution in [2.45, 2.75) is 6.92 Å². The Balaban J connectivity index is 1.66. The van der Waals surface area contributed by atoms with Crippen molar-refractivity contribution in [3.05, 3.63) is 46.3 Å². The second-order valence-corrected chi connectivity index (χ2v) is 7.73. The standard InChI is InChI=1S/C17H15N3O3S3/c1-2-23-12-5-3-11(4-6-12)9-13-15(22)20(17(24)26-13)10-14(21)19-16-18-7-8-25-16/h3-9H,2,10H2,1H3,(H,18,19,21). The van der Waals surface area contributed by atoms with E-state index >= 15 is 0 Å². The van der Waals surface area contributed by atoms with Gasteiger partial charge in [0.2, 0.25) is 5.91 Å². The van der Waals surface area contributed by atoms with E-state index in [-0.39, 0.29) is 18.4 Å². The van der Waals surface area contributed by atoms with Crippen molar-refractivity contribution in [2.24, 2.45) is 0 Å². The summed E-state index contributed by atoms with van der Waals surface area (Å²) in [7, 11) is 0. The molecule has 0 saturated carbocycles. The summed E-state index contributed by atoms with van der Waals surface area (Å²) in [5.74, 6) is 0.165. The van der Waals surface area contributed by atoms with Gasteiger partial charge in [0.15, 0.2) is 5.13 Å². The van der Waals surface area contributed by atoms with Crippen molar-refractivity contribution in [1.82, 2.24) is 9.88 Å². The molecule has 1 aliphatic rings. The average molecular weight is 406 g/mol. The van der Waals surface area contributed by atoms with E-state index in [1.54, 1.807) is 17.7 Å². The summed E-state index contributed by atoms with van der Waals surface area (Å²) in [6.07, 6.45) is 3.35. The molecule has 6 nitrogen and oxygen atoms in total. The topological polar surface area (TPSA) is 71.5 Å². The molecule has 9 heteroatoms. The minimum Gasteiger partial charge on any atom is -0.494 e. The molecule has 0 bridgehead atoms. The first-order valence-electron chi connectivity index (χ1n) is 7.74. The number of hydrogen-bond acceptors (Lipinski definition) is 7. The molecule has 3 rings (SSSR count). The number of carbonyl (C=O) groups is 2. The summed E-state index contributed by atoms with van der Waals surface area (Å²) in [5, 5.41) is 4.89. The van der Waals surface area contributed by atoms with Gasteiger partial charge in [-0.2, -0.15) is 0 Å². The van der Waals surface area contributed by atoms with Crippen molar-refractivity contribution in [3.63, 3.8) is 0 Å². The Bertz CT molecular complexity index is 848. The predicted octanol–water partition coefficient (Wildman–Crippen LogP) is 3.38. The lowest BCUT2D eigenvalue weighted by molar-refractivity contribution is -0.126. The van der Waals surface area contributed by atoms with Gasteiger partial charge in [-0.1, -0.05) is 36.1 Å². The Labute approximate surface area is 164 Å². The first-order valence-corrected chi connectivity index (χ1v) is 9.85. The van der Waals surface area contributed by atoms with Crippen LogP contribution in [0, 0.1) is 0 Å².